The van der Waals surface area contributed by atoms with Crippen LogP contribution in [0, 0.1) is 5.41 Å². The number of hydrogen-bond donors (Lipinski definition) is 1. The maximum Gasteiger partial charge on any atom is 0.0681 e. The van der Waals surface area contributed by atoms with Gasteiger partial charge in [-0.2, -0.15) is 0 Å². The zero-order valence-electron chi connectivity index (χ0n) is 11.1. The Morgan fingerprint density at radius 3 is 2.59 bits per heavy atom. The van der Waals surface area contributed by atoms with Gasteiger partial charge in [-0.25, -0.2) is 0 Å². The lowest BCUT2D eigenvalue weighted by Crippen LogP contribution is -2.62. The fourth-order valence-corrected chi connectivity index (χ4v) is 3.33. The minimum Gasteiger partial charge on any atom is -0.392 e. The van der Waals surface area contributed by atoms with E-state index in [4.69, 9.17) is 4.74 Å². The molecule has 1 aliphatic heterocycles. The maximum absolute atomic E-state index is 10.1. The van der Waals surface area contributed by atoms with Gasteiger partial charge in [0.05, 0.1) is 12.2 Å². The summed E-state index contributed by atoms with van der Waals surface area (Å²) in [5.41, 5.74) is 1.28. The lowest BCUT2D eigenvalue weighted by Gasteiger charge is -2.56. The fraction of sp³-hybridized carbons (Fsp3) is 0.857. The topological polar surface area (TPSA) is 32.7 Å². The standard InChI is InChI=1S/C14H25NO2/c1-4-17-13-9-12(16)14(13)5-7-15(8-6-14)10-11(2)3/h12-13,16H,2,4-10H2,1,3H3. The number of aliphatic hydroxyl groups excluding tert-OH is 1. The van der Waals surface area contributed by atoms with Gasteiger partial charge in [-0.3, -0.25) is 4.90 Å². The Bertz CT molecular complexity index is 280. The van der Waals surface area contributed by atoms with Crippen molar-refractivity contribution in [2.45, 2.75) is 45.3 Å². The third-order valence-electron chi connectivity index (χ3n) is 4.39. The summed E-state index contributed by atoms with van der Waals surface area (Å²) in [5.74, 6) is 0. The van der Waals surface area contributed by atoms with Crippen LogP contribution in [0.2, 0.25) is 0 Å². The van der Waals surface area contributed by atoms with Crippen molar-refractivity contribution in [1.29, 1.82) is 0 Å². The molecule has 2 unspecified atom stereocenters. The zero-order chi connectivity index (χ0) is 12.5. The molecule has 0 bridgehead atoms. The molecule has 2 fully saturated rings. The fourth-order valence-electron chi connectivity index (χ4n) is 3.33. The highest BCUT2D eigenvalue weighted by molar-refractivity contribution is 5.07. The van der Waals surface area contributed by atoms with E-state index in [1.807, 2.05) is 6.92 Å². The Morgan fingerprint density at radius 2 is 2.12 bits per heavy atom. The minimum absolute atomic E-state index is 0.0571. The molecule has 1 N–H and O–H groups in total. The van der Waals surface area contributed by atoms with Crippen LogP contribution in [-0.2, 0) is 4.74 Å². The van der Waals surface area contributed by atoms with Crippen LogP contribution in [0.3, 0.4) is 0 Å². The van der Waals surface area contributed by atoms with E-state index in [1.165, 1.54) is 5.57 Å². The van der Waals surface area contributed by atoms with Crippen molar-refractivity contribution < 1.29 is 9.84 Å². The van der Waals surface area contributed by atoms with Crippen LogP contribution in [-0.4, -0.2) is 48.5 Å². The molecule has 0 aromatic heterocycles. The van der Waals surface area contributed by atoms with E-state index in [9.17, 15) is 5.11 Å². The molecule has 2 aliphatic rings. The lowest BCUT2D eigenvalue weighted by atomic mass is 9.58. The second-order valence-corrected chi connectivity index (χ2v) is 5.66. The summed E-state index contributed by atoms with van der Waals surface area (Å²) in [5, 5.41) is 10.1. The van der Waals surface area contributed by atoms with Crippen LogP contribution >= 0.6 is 0 Å². The summed E-state index contributed by atoms with van der Waals surface area (Å²) in [7, 11) is 0. The highest BCUT2D eigenvalue weighted by Crippen LogP contribution is 2.50. The van der Waals surface area contributed by atoms with Crippen LogP contribution in [0.1, 0.15) is 33.1 Å². The molecule has 0 aromatic rings. The number of aliphatic hydroxyl groups is 1. The van der Waals surface area contributed by atoms with Crippen molar-refractivity contribution >= 4 is 0 Å². The molecule has 1 heterocycles. The first kappa shape index (κ1) is 13.1. The molecule has 3 nitrogen and oxygen atoms in total. The van der Waals surface area contributed by atoms with Crippen molar-refractivity contribution in [2.24, 2.45) is 5.41 Å². The Hall–Kier alpha value is -0.380. The quantitative estimate of drug-likeness (QED) is 0.760. The van der Waals surface area contributed by atoms with Gasteiger partial charge in [-0.15, -0.1) is 0 Å². The Kier molecular flexibility index (Phi) is 3.91. The zero-order valence-corrected chi connectivity index (χ0v) is 11.1. The van der Waals surface area contributed by atoms with E-state index in [0.29, 0.717) is 0 Å². The average Bonchev–Trinajstić information content (AvgIpc) is 2.29. The first-order valence-electron chi connectivity index (χ1n) is 6.75. The van der Waals surface area contributed by atoms with Crippen molar-refractivity contribution in [3.63, 3.8) is 0 Å². The number of hydrogen-bond acceptors (Lipinski definition) is 3. The predicted octanol–water partition coefficient (Wildman–Crippen LogP) is 1.81. The highest BCUT2D eigenvalue weighted by Gasteiger charge is 2.55. The van der Waals surface area contributed by atoms with Crippen LogP contribution in [0.15, 0.2) is 12.2 Å². The van der Waals surface area contributed by atoms with Gasteiger partial charge in [0.25, 0.3) is 0 Å². The number of likely N-dealkylation sites (tertiary alicyclic amines) is 1. The Morgan fingerprint density at radius 1 is 1.47 bits per heavy atom. The van der Waals surface area contributed by atoms with Gasteiger partial charge < -0.3 is 9.84 Å². The second-order valence-electron chi connectivity index (χ2n) is 5.66. The number of ether oxygens (including phenoxy) is 1. The van der Waals surface area contributed by atoms with E-state index in [-0.39, 0.29) is 17.6 Å². The van der Waals surface area contributed by atoms with Gasteiger partial charge in [-0.05, 0) is 39.8 Å². The van der Waals surface area contributed by atoms with Crippen molar-refractivity contribution in [3.05, 3.63) is 12.2 Å². The minimum atomic E-state index is -0.147. The van der Waals surface area contributed by atoms with Crippen LogP contribution in [0.25, 0.3) is 0 Å². The summed E-state index contributed by atoms with van der Waals surface area (Å²) >= 11 is 0. The molecule has 0 amide bonds. The Labute approximate surface area is 104 Å². The molecule has 1 spiro atoms. The van der Waals surface area contributed by atoms with Gasteiger partial charge >= 0.3 is 0 Å². The van der Waals surface area contributed by atoms with Gasteiger partial charge in [0.15, 0.2) is 0 Å². The molecule has 98 valence electrons. The molecule has 2 atom stereocenters. The largest absolute Gasteiger partial charge is 0.392 e. The van der Waals surface area contributed by atoms with Crippen LogP contribution in [0.5, 0.6) is 0 Å². The first-order valence-corrected chi connectivity index (χ1v) is 6.75. The third kappa shape index (κ3) is 2.42. The molecule has 0 aromatic carbocycles. The molecular formula is C14H25NO2. The van der Waals surface area contributed by atoms with Crippen molar-refractivity contribution in [2.75, 3.05) is 26.2 Å². The second kappa shape index (κ2) is 5.09. The third-order valence-corrected chi connectivity index (χ3v) is 4.39. The summed E-state index contributed by atoms with van der Waals surface area (Å²) in [4.78, 5) is 2.43. The smallest absolute Gasteiger partial charge is 0.0681 e. The van der Waals surface area contributed by atoms with E-state index in [1.54, 1.807) is 0 Å². The monoisotopic (exact) mass is 239 g/mol. The molecule has 1 saturated carbocycles. The predicted molar refractivity (Wildman–Crippen MR) is 69.0 cm³/mol. The number of rotatable bonds is 4. The highest BCUT2D eigenvalue weighted by atomic mass is 16.5. The van der Waals surface area contributed by atoms with Gasteiger partial charge in [0.1, 0.15) is 0 Å². The summed E-state index contributed by atoms with van der Waals surface area (Å²) in [6, 6.07) is 0. The van der Waals surface area contributed by atoms with Crippen molar-refractivity contribution in [3.8, 4) is 0 Å². The molecular weight excluding hydrogens is 214 g/mol. The van der Waals surface area contributed by atoms with Gasteiger partial charge in [0.2, 0.25) is 0 Å². The molecule has 0 radical (unpaired) electrons. The number of nitrogens with zero attached hydrogens (tertiary/aromatic N) is 1. The van der Waals surface area contributed by atoms with Gasteiger partial charge in [0, 0.05) is 25.0 Å². The SMILES string of the molecule is C=C(C)CN1CCC2(CC1)C(O)CC2OCC. The van der Waals surface area contributed by atoms with E-state index >= 15 is 0 Å². The molecule has 3 heteroatoms. The van der Waals surface area contributed by atoms with Crippen LogP contribution < -0.4 is 0 Å². The van der Waals surface area contributed by atoms with Crippen molar-refractivity contribution in [1.82, 2.24) is 4.90 Å². The number of piperidine rings is 1. The first-order chi connectivity index (χ1) is 8.08. The van der Waals surface area contributed by atoms with Crippen LogP contribution in [0.4, 0.5) is 0 Å². The maximum atomic E-state index is 10.1. The van der Waals surface area contributed by atoms with E-state index < -0.39 is 0 Å². The normalized spacial score (nSPS) is 32.4. The Balaban J connectivity index is 1.90. The van der Waals surface area contributed by atoms with E-state index in [0.717, 1.165) is 45.5 Å². The summed E-state index contributed by atoms with van der Waals surface area (Å²) in [6.45, 7) is 12.0. The molecule has 2 rings (SSSR count). The molecule has 17 heavy (non-hydrogen) atoms. The van der Waals surface area contributed by atoms with Gasteiger partial charge in [-0.1, -0.05) is 12.2 Å². The van der Waals surface area contributed by atoms with E-state index in [2.05, 4.69) is 18.4 Å². The molecule has 1 aliphatic carbocycles. The molecule has 1 saturated heterocycles. The lowest BCUT2D eigenvalue weighted by molar-refractivity contribution is -0.209. The summed E-state index contributed by atoms with van der Waals surface area (Å²) in [6.07, 6.45) is 3.09. The average molecular weight is 239 g/mol. The summed E-state index contributed by atoms with van der Waals surface area (Å²) < 4.78 is 5.76.